The first-order valence-corrected chi connectivity index (χ1v) is 11.1. The van der Waals surface area contributed by atoms with Gasteiger partial charge in [-0.05, 0) is 54.5 Å². The first-order chi connectivity index (χ1) is 16.4. The number of carbonyl (C=O) groups is 1. The Kier molecular flexibility index (Phi) is 6.91. The number of hydrogen-bond acceptors (Lipinski definition) is 6. The number of Topliss-reactive ketones (excluding diaryl/α,β-unsaturated/α-hetero) is 1. The first kappa shape index (κ1) is 23.8. The average Bonchev–Trinajstić information content (AvgIpc) is 3.13. The molecule has 0 aliphatic carbocycles. The van der Waals surface area contributed by atoms with Crippen LogP contribution < -0.4 is 23.7 Å². The van der Waals surface area contributed by atoms with E-state index in [-0.39, 0.29) is 18.1 Å². The third kappa shape index (κ3) is 4.52. The Labute approximate surface area is 207 Å². The lowest BCUT2D eigenvalue weighted by molar-refractivity contribution is 0.101. The Hall–Kier alpha value is -3.35. The number of ether oxygens (including phenoxy) is 5. The highest BCUT2D eigenvalue weighted by Crippen LogP contribution is 2.41. The zero-order chi connectivity index (χ0) is 24.4. The zero-order valence-electron chi connectivity index (χ0n) is 19.0. The maximum Gasteiger partial charge on any atom is 0.232 e. The van der Waals surface area contributed by atoms with E-state index >= 15 is 0 Å². The van der Waals surface area contributed by atoms with E-state index in [1.54, 1.807) is 48.5 Å². The molecular formula is C26H22Cl2O6. The van der Waals surface area contributed by atoms with Gasteiger partial charge in [-0.15, -0.1) is 0 Å². The van der Waals surface area contributed by atoms with Gasteiger partial charge < -0.3 is 23.7 Å². The molecule has 0 unspecified atom stereocenters. The Morgan fingerprint density at radius 3 is 2.18 bits per heavy atom. The number of carbonyl (C=O) groups excluding carboxylic acids is 1. The van der Waals surface area contributed by atoms with Crippen molar-refractivity contribution in [2.75, 3.05) is 21.3 Å². The molecule has 1 aliphatic heterocycles. The maximum atomic E-state index is 13.1. The minimum absolute atomic E-state index is 0.179. The van der Waals surface area contributed by atoms with Crippen molar-refractivity contribution in [3.8, 4) is 28.7 Å². The van der Waals surface area contributed by atoms with E-state index in [0.717, 1.165) is 5.56 Å². The number of hydrogen-bond donors (Lipinski definition) is 0. The van der Waals surface area contributed by atoms with E-state index in [0.29, 0.717) is 55.5 Å². The van der Waals surface area contributed by atoms with Gasteiger partial charge >= 0.3 is 0 Å². The van der Waals surface area contributed by atoms with Crippen molar-refractivity contribution in [3.05, 3.63) is 80.5 Å². The second-order valence-corrected chi connectivity index (χ2v) is 8.32. The molecule has 8 heteroatoms. The molecule has 0 fully saturated rings. The normalized spacial score (nSPS) is 13.5. The van der Waals surface area contributed by atoms with Gasteiger partial charge in [0.05, 0.1) is 26.9 Å². The fraction of sp³-hybridized carbons (Fsp3) is 0.192. The monoisotopic (exact) mass is 500 g/mol. The molecule has 1 aliphatic rings. The summed E-state index contributed by atoms with van der Waals surface area (Å²) >= 11 is 12.5. The van der Waals surface area contributed by atoms with Gasteiger partial charge in [0, 0.05) is 21.7 Å². The summed E-state index contributed by atoms with van der Waals surface area (Å²) in [5, 5.41) is 1.04. The predicted molar refractivity (Wildman–Crippen MR) is 131 cm³/mol. The SMILES string of the molecule is COc1cc(/C=C2\Oc3cc(OCc4c(Cl)cccc4Cl)cc(C)c3C2=O)cc(OC)c1OC. The molecule has 176 valence electrons. The van der Waals surface area contributed by atoms with Crippen molar-refractivity contribution in [3.63, 3.8) is 0 Å². The molecule has 6 nitrogen and oxygen atoms in total. The number of benzene rings is 3. The highest BCUT2D eigenvalue weighted by molar-refractivity contribution is 6.35. The van der Waals surface area contributed by atoms with Crippen LogP contribution in [-0.4, -0.2) is 27.1 Å². The van der Waals surface area contributed by atoms with Gasteiger partial charge in [0.2, 0.25) is 11.5 Å². The molecule has 3 aromatic rings. The Morgan fingerprint density at radius 1 is 0.941 bits per heavy atom. The Balaban J connectivity index is 1.62. The van der Waals surface area contributed by atoms with Crippen LogP contribution in [0.3, 0.4) is 0 Å². The lowest BCUT2D eigenvalue weighted by atomic mass is 10.0. The van der Waals surface area contributed by atoms with Gasteiger partial charge in [0.15, 0.2) is 17.3 Å². The molecule has 0 aromatic heterocycles. The summed E-state index contributed by atoms with van der Waals surface area (Å²) < 4.78 is 28.0. The number of allylic oxidation sites excluding steroid dienone is 1. The van der Waals surface area contributed by atoms with Gasteiger partial charge in [0.25, 0.3) is 0 Å². The minimum atomic E-state index is -0.220. The van der Waals surface area contributed by atoms with Crippen molar-refractivity contribution in [1.82, 2.24) is 0 Å². The number of halogens is 2. The summed E-state index contributed by atoms with van der Waals surface area (Å²) in [5.74, 6) is 2.33. The number of fused-ring (bicyclic) bond motifs is 1. The van der Waals surface area contributed by atoms with Crippen molar-refractivity contribution < 1.29 is 28.5 Å². The Bertz CT molecular complexity index is 1250. The third-order valence-electron chi connectivity index (χ3n) is 5.37. The molecule has 4 rings (SSSR count). The summed E-state index contributed by atoms with van der Waals surface area (Å²) in [5.41, 5.74) is 2.56. The van der Waals surface area contributed by atoms with Crippen molar-refractivity contribution >= 4 is 35.1 Å². The van der Waals surface area contributed by atoms with Gasteiger partial charge in [-0.1, -0.05) is 29.3 Å². The number of ketones is 1. The summed E-state index contributed by atoms with van der Waals surface area (Å²) in [6.07, 6.45) is 1.64. The van der Waals surface area contributed by atoms with Crippen LogP contribution in [0.4, 0.5) is 0 Å². The van der Waals surface area contributed by atoms with E-state index in [1.165, 1.54) is 21.3 Å². The second kappa shape index (κ2) is 9.87. The molecular weight excluding hydrogens is 479 g/mol. The fourth-order valence-corrected chi connectivity index (χ4v) is 4.23. The Morgan fingerprint density at radius 2 is 1.59 bits per heavy atom. The van der Waals surface area contributed by atoms with E-state index in [1.807, 2.05) is 6.92 Å². The van der Waals surface area contributed by atoms with Crippen molar-refractivity contribution in [2.45, 2.75) is 13.5 Å². The molecule has 0 radical (unpaired) electrons. The van der Waals surface area contributed by atoms with Gasteiger partial charge in [-0.25, -0.2) is 0 Å². The summed E-state index contributed by atoms with van der Waals surface area (Å²) in [7, 11) is 4.59. The molecule has 0 bridgehead atoms. The maximum absolute atomic E-state index is 13.1. The van der Waals surface area contributed by atoms with E-state index < -0.39 is 0 Å². The number of methoxy groups -OCH3 is 3. The van der Waals surface area contributed by atoms with Crippen LogP contribution in [0.2, 0.25) is 10.0 Å². The number of rotatable bonds is 7. The molecule has 0 spiro atoms. The van der Waals surface area contributed by atoms with Crippen LogP contribution in [-0.2, 0) is 6.61 Å². The van der Waals surface area contributed by atoms with Crippen molar-refractivity contribution in [2.24, 2.45) is 0 Å². The lowest BCUT2D eigenvalue weighted by Crippen LogP contribution is -2.01. The molecule has 0 atom stereocenters. The highest BCUT2D eigenvalue weighted by atomic mass is 35.5. The molecule has 3 aromatic carbocycles. The van der Waals surface area contributed by atoms with E-state index in [9.17, 15) is 4.79 Å². The van der Waals surface area contributed by atoms with Gasteiger partial charge in [0.1, 0.15) is 18.1 Å². The third-order valence-corrected chi connectivity index (χ3v) is 6.08. The molecule has 0 N–H and O–H groups in total. The zero-order valence-corrected chi connectivity index (χ0v) is 20.5. The van der Waals surface area contributed by atoms with Crippen molar-refractivity contribution in [1.29, 1.82) is 0 Å². The highest BCUT2D eigenvalue weighted by Gasteiger charge is 2.30. The van der Waals surface area contributed by atoms with Crippen LogP contribution >= 0.6 is 23.2 Å². The molecule has 1 heterocycles. The van der Waals surface area contributed by atoms with E-state index in [4.69, 9.17) is 46.9 Å². The molecule has 0 amide bonds. The molecule has 0 saturated carbocycles. The second-order valence-electron chi connectivity index (χ2n) is 7.50. The summed E-state index contributed by atoms with van der Waals surface area (Å²) in [6, 6.07) is 12.2. The van der Waals surface area contributed by atoms with Crippen LogP contribution in [0.1, 0.15) is 27.0 Å². The lowest BCUT2D eigenvalue weighted by Gasteiger charge is -2.13. The largest absolute Gasteiger partial charge is 0.493 e. The summed E-state index contributed by atoms with van der Waals surface area (Å²) in [4.78, 5) is 13.1. The van der Waals surface area contributed by atoms with Crippen LogP contribution in [0, 0.1) is 6.92 Å². The average molecular weight is 501 g/mol. The first-order valence-electron chi connectivity index (χ1n) is 10.3. The smallest absolute Gasteiger partial charge is 0.232 e. The molecule has 0 saturated heterocycles. The van der Waals surface area contributed by atoms with Gasteiger partial charge in [-0.3, -0.25) is 4.79 Å². The number of aryl methyl sites for hydroxylation is 1. The summed E-state index contributed by atoms with van der Waals surface area (Å²) in [6.45, 7) is 2.01. The van der Waals surface area contributed by atoms with Crippen LogP contribution in [0.25, 0.3) is 6.08 Å². The van der Waals surface area contributed by atoms with Crippen LogP contribution in [0.5, 0.6) is 28.7 Å². The fourth-order valence-electron chi connectivity index (χ4n) is 3.72. The predicted octanol–water partition coefficient (Wildman–Crippen LogP) is 6.52. The standard InChI is InChI=1S/C26H22Cl2O6/c1-14-8-16(33-13-17-18(27)6-5-7-19(17)28)12-20-24(14)25(29)21(34-20)9-15-10-22(30-2)26(32-4)23(11-15)31-3/h5-12H,13H2,1-4H3/b21-9-. The quantitative estimate of drug-likeness (QED) is 0.344. The van der Waals surface area contributed by atoms with Gasteiger partial charge in [-0.2, -0.15) is 0 Å². The topological polar surface area (TPSA) is 63.2 Å². The van der Waals surface area contributed by atoms with Crippen LogP contribution in [0.15, 0.2) is 48.2 Å². The molecule has 34 heavy (non-hydrogen) atoms. The minimum Gasteiger partial charge on any atom is -0.493 e. The van der Waals surface area contributed by atoms with E-state index in [2.05, 4.69) is 0 Å².